The summed E-state index contributed by atoms with van der Waals surface area (Å²) in [4.78, 5) is 7.87. The summed E-state index contributed by atoms with van der Waals surface area (Å²) in [5.74, 6) is 0. The number of rotatable bonds is 5. The van der Waals surface area contributed by atoms with Crippen molar-refractivity contribution in [1.82, 2.24) is 0 Å². The molecule has 4 aliphatic rings. The number of nitrogens with zero attached hydrogens (tertiary/aromatic N) is 3. The third-order valence-corrected chi connectivity index (χ3v) is 15.6. The number of fused-ring (bicyclic) bond motifs is 8. The van der Waals surface area contributed by atoms with E-state index in [2.05, 4.69) is 226 Å². The first-order chi connectivity index (χ1) is 30.5. The van der Waals surface area contributed by atoms with Crippen LogP contribution in [-0.2, 0) is 10.8 Å². The van der Waals surface area contributed by atoms with Crippen LogP contribution in [0.15, 0.2) is 170 Å². The lowest BCUT2D eigenvalue weighted by molar-refractivity contribution is 0.195. The van der Waals surface area contributed by atoms with Crippen LogP contribution in [0.1, 0.15) is 77.0 Å². The van der Waals surface area contributed by atoms with Crippen LogP contribution in [0, 0.1) is 6.92 Å². The monoisotopic (exact) mass is 815 g/mol. The molecule has 0 aromatic heterocycles. The maximum atomic E-state index is 2.83. The maximum Gasteiger partial charge on any atom is 0.252 e. The normalized spacial score (nSPS) is 19.4. The van der Waals surface area contributed by atoms with Crippen LogP contribution >= 0.6 is 0 Å². The lowest BCUT2D eigenvalue weighted by Gasteiger charge is -2.52. The van der Waals surface area contributed by atoms with E-state index in [1.165, 1.54) is 109 Å². The van der Waals surface area contributed by atoms with Crippen LogP contribution in [0.3, 0.4) is 0 Å². The quantitative estimate of drug-likeness (QED) is 0.160. The highest BCUT2D eigenvalue weighted by Crippen LogP contribution is 2.61. The molecular weight excluding hydrogens is 761 g/mol. The third kappa shape index (κ3) is 5.53. The Hall–Kier alpha value is -6.52. The van der Waals surface area contributed by atoms with E-state index in [0.717, 1.165) is 17.1 Å². The summed E-state index contributed by atoms with van der Waals surface area (Å²) in [7, 11) is 0. The number of hydrogen-bond donors (Lipinski definition) is 0. The van der Waals surface area contributed by atoms with E-state index < -0.39 is 0 Å². The van der Waals surface area contributed by atoms with Crippen LogP contribution in [0.2, 0.25) is 0 Å². The minimum Gasteiger partial charge on any atom is -0.335 e. The number of hydrogen-bond acceptors (Lipinski definition) is 3. The zero-order chi connectivity index (χ0) is 42.8. The van der Waals surface area contributed by atoms with Crippen molar-refractivity contribution < 1.29 is 0 Å². The molecule has 1 fully saturated rings. The molecule has 1 aliphatic carbocycles. The molecule has 63 heavy (non-hydrogen) atoms. The van der Waals surface area contributed by atoms with Crippen molar-refractivity contribution in [2.24, 2.45) is 0 Å². The van der Waals surface area contributed by atoms with Gasteiger partial charge in [-0.25, -0.2) is 0 Å². The molecule has 0 saturated heterocycles. The molecule has 8 aromatic rings. The molecule has 2 atom stereocenters. The van der Waals surface area contributed by atoms with Crippen LogP contribution in [0.5, 0.6) is 0 Å². The van der Waals surface area contributed by atoms with Gasteiger partial charge >= 0.3 is 0 Å². The molecule has 0 spiro atoms. The Bertz CT molecular complexity index is 3120. The second kappa shape index (κ2) is 13.7. The van der Waals surface area contributed by atoms with Gasteiger partial charge in [0.05, 0.1) is 5.54 Å². The fraction of sp³-hybridized carbons (Fsp3) is 0.220. The standard InChI is InChI=1S/C59H54BN3/c1-39-35-53-55-54(36-39)63-56-49(58(5)33-12-13-34-59(58,63)6)25-16-26-51(56)60(55)50-32-31-46(38-52(50)62(53)43-20-8-7-9-21-43)61(44-29-27-42(28-30-44)57(2,3)4)45-22-14-19-41(37-45)48-24-15-18-40-17-10-11-23-47(40)48/h7-11,14-32,35-38H,12-13,33-34H2,1-6H3. The Morgan fingerprint density at radius 1 is 0.587 bits per heavy atom. The number of para-hydroxylation sites is 2. The molecule has 0 N–H and O–H groups in total. The molecule has 2 unspecified atom stereocenters. The molecule has 8 aromatic carbocycles. The third-order valence-electron chi connectivity index (χ3n) is 15.6. The van der Waals surface area contributed by atoms with Crippen molar-refractivity contribution in [3.63, 3.8) is 0 Å². The van der Waals surface area contributed by atoms with Crippen molar-refractivity contribution >= 4 is 79.4 Å². The molecular formula is C59H54BN3. The van der Waals surface area contributed by atoms with Gasteiger partial charge in [0.2, 0.25) is 0 Å². The SMILES string of the molecule is Cc1cc2c3c(c1)N1c4c(cccc4C4(C)CCCCC14C)B3c1ccc(N(c3ccc(C(C)(C)C)cc3)c3cccc(-c4cccc5ccccc45)c3)cc1N2c1ccccc1. The first-order valence-corrected chi connectivity index (χ1v) is 23.1. The first kappa shape index (κ1) is 38.2. The van der Waals surface area contributed by atoms with Crippen molar-refractivity contribution in [2.45, 2.75) is 83.6 Å². The van der Waals surface area contributed by atoms with Gasteiger partial charge in [-0.05, 0) is 148 Å². The predicted molar refractivity (Wildman–Crippen MR) is 270 cm³/mol. The summed E-state index contributed by atoms with van der Waals surface area (Å²) in [6.07, 6.45) is 4.97. The Labute approximate surface area is 373 Å². The average molecular weight is 816 g/mol. The van der Waals surface area contributed by atoms with Gasteiger partial charge in [-0.15, -0.1) is 0 Å². The van der Waals surface area contributed by atoms with Crippen LogP contribution in [0.25, 0.3) is 21.9 Å². The van der Waals surface area contributed by atoms with E-state index in [4.69, 9.17) is 0 Å². The van der Waals surface area contributed by atoms with E-state index in [1.807, 2.05) is 0 Å². The molecule has 4 heteroatoms. The number of benzene rings is 8. The molecule has 12 rings (SSSR count). The highest BCUT2D eigenvalue weighted by molar-refractivity contribution is 7.00. The Morgan fingerprint density at radius 2 is 1.29 bits per heavy atom. The van der Waals surface area contributed by atoms with Gasteiger partial charge in [-0.2, -0.15) is 0 Å². The highest BCUT2D eigenvalue weighted by Gasteiger charge is 2.61. The van der Waals surface area contributed by atoms with Gasteiger partial charge in [0.1, 0.15) is 0 Å². The molecule has 0 amide bonds. The fourth-order valence-electron chi connectivity index (χ4n) is 12.2. The number of anilines is 8. The Kier molecular flexibility index (Phi) is 8.33. The van der Waals surface area contributed by atoms with E-state index >= 15 is 0 Å². The average Bonchev–Trinajstić information content (AvgIpc) is 3.51. The summed E-state index contributed by atoms with van der Waals surface area (Å²) >= 11 is 0. The van der Waals surface area contributed by atoms with Crippen molar-refractivity contribution in [2.75, 3.05) is 14.7 Å². The van der Waals surface area contributed by atoms with E-state index in [-0.39, 0.29) is 23.1 Å². The summed E-state index contributed by atoms with van der Waals surface area (Å²) in [6, 6.07) is 64.4. The van der Waals surface area contributed by atoms with Crippen molar-refractivity contribution in [3.05, 3.63) is 187 Å². The molecule has 0 radical (unpaired) electrons. The second-order valence-corrected chi connectivity index (χ2v) is 20.2. The smallest absolute Gasteiger partial charge is 0.252 e. The minimum atomic E-state index is 0.00153. The molecule has 3 heterocycles. The first-order valence-electron chi connectivity index (χ1n) is 23.1. The minimum absolute atomic E-state index is 0.00153. The van der Waals surface area contributed by atoms with Crippen LogP contribution in [0.4, 0.5) is 45.5 Å². The summed E-state index contributed by atoms with van der Waals surface area (Å²) < 4.78 is 0. The zero-order valence-corrected chi connectivity index (χ0v) is 37.4. The zero-order valence-electron chi connectivity index (χ0n) is 37.4. The summed E-state index contributed by atoms with van der Waals surface area (Å²) in [5.41, 5.74) is 20.9. The van der Waals surface area contributed by atoms with Crippen LogP contribution in [-0.4, -0.2) is 12.3 Å². The van der Waals surface area contributed by atoms with Crippen molar-refractivity contribution in [1.29, 1.82) is 0 Å². The Balaban J connectivity index is 1.10. The molecule has 308 valence electrons. The predicted octanol–water partition coefficient (Wildman–Crippen LogP) is 13.9. The maximum absolute atomic E-state index is 2.83. The second-order valence-electron chi connectivity index (χ2n) is 20.2. The van der Waals surface area contributed by atoms with Gasteiger partial charge in [-0.3, -0.25) is 0 Å². The van der Waals surface area contributed by atoms with Gasteiger partial charge in [0.25, 0.3) is 6.71 Å². The van der Waals surface area contributed by atoms with Gasteiger partial charge in [-0.1, -0.05) is 150 Å². The molecule has 3 aliphatic heterocycles. The van der Waals surface area contributed by atoms with Gasteiger partial charge < -0.3 is 14.7 Å². The van der Waals surface area contributed by atoms with E-state index in [1.54, 1.807) is 0 Å². The summed E-state index contributed by atoms with van der Waals surface area (Å²) in [6.45, 7) is 14.4. The van der Waals surface area contributed by atoms with Crippen LogP contribution < -0.4 is 31.1 Å². The highest BCUT2D eigenvalue weighted by atomic mass is 15.3. The topological polar surface area (TPSA) is 9.72 Å². The molecule has 0 bridgehead atoms. The van der Waals surface area contributed by atoms with Gasteiger partial charge in [0.15, 0.2) is 0 Å². The fourth-order valence-corrected chi connectivity index (χ4v) is 12.2. The number of aryl methyl sites for hydroxylation is 1. The molecule has 3 nitrogen and oxygen atoms in total. The molecule has 1 saturated carbocycles. The largest absolute Gasteiger partial charge is 0.335 e. The van der Waals surface area contributed by atoms with Crippen molar-refractivity contribution in [3.8, 4) is 11.1 Å². The summed E-state index contributed by atoms with van der Waals surface area (Å²) in [5, 5.41) is 2.51. The lowest BCUT2D eigenvalue weighted by atomic mass is 9.33. The van der Waals surface area contributed by atoms with Gasteiger partial charge in [0, 0.05) is 50.9 Å². The van der Waals surface area contributed by atoms with E-state index in [9.17, 15) is 0 Å². The van der Waals surface area contributed by atoms with E-state index in [0.29, 0.717) is 0 Å². The Morgan fingerprint density at radius 3 is 2.11 bits per heavy atom. The lowest BCUT2D eigenvalue weighted by Crippen LogP contribution is -2.64.